The van der Waals surface area contributed by atoms with Crippen molar-refractivity contribution in [3.8, 4) is 0 Å². The third kappa shape index (κ3) is 4.23. The van der Waals surface area contributed by atoms with Gasteiger partial charge in [0.25, 0.3) is 0 Å². The van der Waals surface area contributed by atoms with Crippen LogP contribution in [0.2, 0.25) is 0 Å². The van der Waals surface area contributed by atoms with Crippen molar-refractivity contribution < 1.29 is 23.9 Å². The second-order valence-electron chi connectivity index (χ2n) is 14.6. The molecule has 2 heterocycles. The minimum absolute atomic E-state index is 0.0174. The number of aliphatic hydroxyl groups is 1. The molecular formula is C32H53N2O4+. The quantitative estimate of drug-likeness (QED) is 0.325. The van der Waals surface area contributed by atoms with Gasteiger partial charge in [-0.1, -0.05) is 20.4 Å². The Bertz CT molecular complexity index is 898. The summed E-state index contributed by atoms with van der Waals surface area (Å²) in [7, 11) is 0. The van der Waals surface area contributed by atoms with Crippen molar-refractivity contribution >= 4 is 5.97 Å². The highest BCUT2D eigenvalue weighted by Gasteiger charge is 2.67. The lowest BCUT2D eigenvalue weighted by molar-refractivity contribution is -0.937. The molecule has 0 aromatic heterocycles. The summed E-state index contributed by atoms with van der Waals surface area (Å²) in [6.07, 6.45) is 12.7. The van der Waals surface area contributed by atoms with E-state index in [4.69, 9.17) is 9.47 Å². The smallest absolute Gasteiger partial charge is 0.303 e. The predicted octanol–water partition coefficient (Wildman–Crippen LogP) is 4.41. The molecule has 0 amide bonds. The van der Waals surface area contributed by atoms with Gasteiger partial charge in [-0.25, -0.2) is 0 Å². The number of carbonyl (C=O) groups is 1. The first-order chi connectivity index (χ1) is 18.2. The summed E-state index contributed by atoms with van der Waals surface area (Å²) in [5.41, 5.74) is 0.343. The van der Waals surface area contributed by atoms with E-state index in [0.717, 1.165) is 56.6 Å². The maximum absolute atomic E-state index is 12.5. The fraction of sp³-hybridized carbons (Fsp3) is 0.906. The SMILES string of the molecule is C=CC[N+]1([C@H]2C[C@@H]3[C@H]4CC[C@H]5C[C@H](O)[C@@H](N6CCOCC6)C[C@]5(C)[C@H]4CC[C@]3(C)[C@H]2OC(C)=O)CCCC1. The summed E-state index contributed by atoms with van der Waals surface area (Å²) in [6, 6.07) is 0.663. The number of rotatable bonds is 5. The number of carbonyl (C=O) groups excluding carboxylic acids is 1. The van der Waals surface area contributed by atoms with E-state index in [1.54, 1.807) is 6.92 Å². The molecule has 0 spiro atoms. The topological polar surface area (TPSA) is 59.0 Å². The van der Waals surface area contributed by atoms with Crippen LogP contribution in [0.25, 0.3) is 0 Å². The van der Waals surface area contributed by atoms with E-state index in [1.165, 1.54) is 51.6 Å². The number of ether oxygens (including phenoxy) is 2. The molecule has 10 atom stereocenters. The average molecular weight is 530 g/mol. The molecule has 0 aromatic carbocycles. The molecule has 0 bridgehead atoms. The molecule has 2 saturated heterocycles. The minimum atomic E-state index is -0.209. The van der Waals surface area contributed by atoms with E-state index >= 15 is 0 Å². The Morgan fingerprint density at radius 1 is 1.11 bits per heavy atom. The zero-order chi connectivity index (χ0) is 26.7. The van der Waals surface area contributed by atoms with Gasteiger partial charge in [-0.2, -0.15) is 0 Å². The third-order valence-corrected chi connectivity index (χ3v) is 13.1. The van der Waals surface area contributed by atoms with Gasteiger partial charge < -0.3 is 19.1 Å². The van der Waals surface area contributed by atoms with Gasteiger partial charge in [0.15, 0.2) is 6.10 Å². The molecule has 2 aliphatic heterocycles. The molecular weight excluding hydrogens is 476 g/mol. The fourth-order valence-electron chi connectivity index (χ4n) is 11.3. The van der Waals surface area contributed by atoms with Crippen LogP contribution in [0.3, 0.4) is 0 Å². The second-order valence-corrected chi connectivity index (χ2v) is 14.6. The van der Waals surface area contributed by atoms with Crippen LogP contribution >= 0.6 is 0 Å². The number of morpholine rings is 1. The van der Waals surface area contributed by atoms with E-state index in [9.17, 15) is 9.90 Å². The number of hydrogen-bond acceptors (Lipinski definition) is 5. The lowest BCUT2D eigenvalue weighted by Gasteiger charge is -2.62. The van der Waals surface area contributed by atoms with E-state index in [-0.39, 0.29) is 35.0 Å². The van der Waals surface area contributed by atoms with Gasteiger partial charge >= 0.3 is 5.97 Å². The molecule has 1 N–H and O–H groups in total. The zero-order valence-electron chi connectivity index (χ0n) is 24.3. The van der Waals surface area contributed by atoms with E-state index in [2.05, 4.69) is 31.4 Å². The number of hydrogen-bond donors (Lipinski definition) is 1. The van der Waals surface area contributed by atoms with Crippen molar-refractivity contribution in [2.75, 3.05) is 45.9 Å². The summed E-state index contributed by atoms with van der Waals surface area (Å²) < 4.78 is 13.1. The number of aliphatic hydroxyl groups excluding tert-OH is 1. The number of nitrogens with zero attached hydrogens (tertiary/aromatic N) is 2. The van der Waals surface area contributed by atoms with Crippen molar-refractivity contribution in [1.82, 2.24) is 4.90 Å². The Balaban J connectivity index is 1.30. The molecule has 6 rings (SSSR count). The van der Waals surface area contributed by atoms with E-state index in [0.29, 0.717) is 29.7 Å². The molecule has 0 aromatic rings. The number of quaternary nitrogens is 1. The highest BCUT2D eigenvalue weighted by molar-refractivity contribution is 5.66. The first-order valence-corrected chi connectivity index (χ1v) is 15.9. The summed E-state index contributed by atoms with van der Waals surface area (Å²) in [5.74, 6) is 2.54. The minimum Gasteiger partial charge on any atom is -0.456 e. The van der Waals surface area contributed by atoms with Crippen molar-refractivity contribution in [1.29, 1.82) is 0 Å². The van der Waals surface area contributed by atoms with Crippen molar-refractivity contribution in [3.63, 3.8) is 0 Å². The van der Waals surface area contributed by atoms with Gasteiger partial charge in [0.2, 0.25) is 0 Å². The van der Waals surface area contributed by atoms with Gasteiger partial charge in [-0.3, -0.25) is 9.69 Å². The van der Waals surface area contributed by atoms with Crippen LogP contribution in [0, 0.1) is 34.5 Å². The lowest BCUT2D eigenvalue weighted by Crippen LogP contribution is -2.61. The number of esters is 1. The first kappa shape index (κ1) is 27.2. The largest absolute Gasteiger partial charge is 0.456 e. The van der Waals surface area contributed by atoms with Gasteiger partial charge in [0.05, 0.1) is 39.0 Å². The Hall–Kier alpha value is -0.950. The fourth-order valence-corrected chi connectivity index (χ4v) is 11.3. The molecule has 4 saturated carbocycles. The van der Waals surface area contributed by atoms with Crippen LogP contribution < -0.4 is 0 Å². The monoisotopic (exact) mass is 529 g/mol. The predicted molar refractivity (Wildman–Crippen MR) is 148 cm³/mol. The Morgan fingerprint density at radius 3 is 2.53 bits per heavy atom. The van der Waals surface area contributed by atoms with Gasteiger partial charge in [0.1, 0.15) is 6.04 Å². The highest BCUT2D eigenvalue weighted by Crippen LogP contribution is 2.67. The second kappa shape index (κ2) is 10.2. The Kier molecular flexibility index (Phi) is 7.27. The third-order valence-electron chi connectivity index (χ3n) is 13.1. The summed E-state index contributed by atoms with van der Waals surface area (Å²) in [6.45, 7) is 17.7. The standard InChI is InChI=1S/C32H53N2O4/c1-5-14-34(15-6-7-16-34)28-20-26-24-9-8-23-19-29(36)27(33-12-17-37-18-13-33)21-32(23,4)25(24)10-11-31(26,3)30(28)38-22(2)35/h5,23-30,36H,1,6-21H2,2-4H3/q+1/t23-,24-,25-,26+,27-,28-,29-,30-,31-,32-/m0/s1. The molecule has 6 nitrogen and oxygen atoms in total. The molecule has 214 valence electrons. The van der Waals surface area contributed by atoms with Gasteiger partial charge in [-0.15, -0.1) is 0 Å². The molecule has 0 unspecified atom stereocenters. The van der Waals surface area contributed by atoms with Gasteiger partial charge in [0, 0.05) is 50.7 Å². The van der Waals surface area contributed by atoms with Crippen LogP contribution in [-0.2, 0) is 14.3 Å². The highest BCUT2D eigenvalue weighted by atomic mass is 16.5. The van der Waals surface area contributed by atoms with Crippen molar-refractivity contribution in [2.45, 2.75) is 103 Å². The van der Waals surface area contributed by atoms with Crippen LogP contribution in [-0.4, -0.2) is 90.7 Å². The normalized spacial score (nSPS) is 48.5. The van der Waals surface area contributed by atoms with Crippen LogP contribution in [0.15, 0.2) is 12.7 Å². The molecule has 4 aliphatic carbocycles. The van der Waals surface area contributed by atoms with Crippen molar-refractivity contribution in [2.24, 2.45) is 34.5 Å². The van der Waals surface area contributed by atoms with E-state index < -0.39 is 0 Å². The average Bonchev–Trinajstić information content (AvgIpc) is 3.48. The summed E-state index contributed by atoms with van der Waals surface area (Å²) in [5, 5.41) is 11.3. The van der Waals surface area contributed by atoms with Crippen molar-refractivity contribution in [3.05, 3.63) is 12.7 Å². The molecule has 6 aliphatic rings. The Labute approximate surface area is 230 Å². The summed E-state index contributed by atoms with van der Waals surface area (Å²) in [4.78, 5) is 15.0. The first-order valence-electron chi connectivity index (χ1n) is 15.9. The molecule has 6 heteroatoms. The van der Waals surface area contributed by atoms with Gasteiger partial charge in [-0.05, 0) is 73.7 Å². The molecule has 0 radical (unpaired) electrons. The number of likely N-dealkylation sites (tertiary alicyclic amines) is 1. The molecule has 6 fully saturated rings. The Morgan fingerprint density at radius 2 is 1.84 bits per heavy atom. The maximum atomic E-state index is 12.5. The summed E-state index contributed by atoms with van der Waals surface area (Å²) >= 11 is 0. The number of fused-ring (bicyclic) bond motifs is 5. The molecule has 38 heavy (non-hydrogen) atoms. The lowest BCUT2D eigenvalue weighted by atomic mass is 9.44. The van der Waals surface area contributed by atoms with E-state index in [1.807, 2.05) is 0 Å². The zero-order valence-corrected chi connectivity index (χ0v) is 24.3. The maximum Gasteiger partial charge on any atom is 0.303 e. The van der Waals surface area contributed by atoms with Crippen LogP contribution in [0.4, 0.5) is 0 Å². The van der Waals surface area contributed by atoms with Crippen LogP contribution in [0.1, 0.15) is 78.6 Å². The van der Waals surface area contributed by atoms with Crippen LogP contribution in [0.5, 0.6) is 0 Å².